The van der Waals surface area contributed by atoms with Crippen LogP contribution in [0.2, 0.25) is 0 Å². The molecule has 334 valence electrons. The molecule has 0 aliphatic carbocycles. The Kier molecular flexibility index (Phi) is 15.1. The Hall–Kier alpha value is -4.32. The third-order valence-corrected chi connectivity index (χ3v) is 11.1. The fourth-order valence-corrected chi connectivity index (χ4v) is 8.00. The number of thiazole rings is 1. The van der Waals surface area contributed by atoms with E-state index in [0.29, 0.717) is 18.4 Å². The van der Waals surface area contributed by atoms with E-state index >= 15 is 0 Å². The van der Waals surface area contributed by atoms with Crippen LogP contribution in [0.4, 0.5) is 9.59 Å². The van der Waals surface area contributed by atoms with Crippen molar-refractivity contribution >= 4 is 41.3 Å². The van der Waals surface area contributed by atoms with Crippen molar-refractivity contribution < 1.29 is 48.4 Å². The maximum Gasteiger partial charge on any atom is 0.408 e. The first-order valence-electron chi connectivity index (χ1n) is 20.5. The molecule has 1 aromatic heterocycles. The Bertz CT molecular complexity index is 1870. The number of aryl methyl sites for hydroxylation is 1. The fraction of sp³-hybridized carbons (Fsp3) is 0.674. The van der Waals surface area contributed by atoms with Crippen molar-refractivity contribution in [2.75, 3.05) is 13.1 Å². The molecular formula is C43H66N6O10S. The van der Waals surface area contributed by atoms with E-state index in [9.17, 15) is 34.2 Å². The lowest BCUT2D eigenvalue weighted by atomic mass is 9.85. The van der Waals surface area contributed by atoms with Gasteiger partial charge < -0.3 is 44.9 Å². The normalized spacial score (nSPS) is 20.3. The van der Waals surface area contributed by atoms with E-state index in [0.717, 1.165) is 16.1 Å². The number of aliphatic hydroxyl groups is 2. The zero-order valence-electron chi connectivity index (χ0n) is 37.4. The van der Waals surface area contributed by atoms with Gasteiger partial charge in [-0.05, 0) is 90.2 Å². The fourth-order valence-electron chi connectivity index (χ4n) is 7.19. The number of nitrogens with zero attached hydrogens (tertiary/aromatic N) is 3. The number of aromatic nitrogens is 1. The van der Waals surface area contributed by atoms with Crippen LogP contribution in [0.3, 0.4) is 0 Å². The number of amides is 4. The van der Waals surface area contributed by atoms with E-state index in [4.69, 9.17) is 14.2 Å². The molecule has 4 rings (SSSR count). The zero-order valence-corrected chi connectivity index (χ0v) is 38.2. The van der Waals surface area contributed by atoms with E-state index in [-0.39, 0.29) is 31.8 Å². The number of carbonyl (C=O) groups is 5. The highest BCUT2D eigenvalue weighted by Crippen LogP contribution is 2.34. The van der Waals surface area contributed by atoms with Crippen molar-refractivity contribution in [2.45, 2.75) is 164 Å². The molecule has 2 aliphatic rings. The second-order valence-corrected chi connectivity index (χ2v) is 20.7. The molecule has 17 heteroatoms. The summed E-state index contributed by atoms with van der Waals surface area (Å²) >= 11 is 1.43. The minimum atomic E-state index is -1.34. The number of β-amino-alcohol motifs (C(OH)–C–C–N with tert-alkyl or cyclic N) is 1. The Balaban J connectivity index is 1.57. The summed E-state index contributed by atoms with van der Waals surface area (Å²) in [5, 5.41) is 30.8. The van der Waals surface area contributed by atoms with Crippen molar-refractivity contribution in [3.63, 3.8) is 0 Å². The molecule has 3 heterocycles. The van der Waals surface area contributed by atoms with Gasteiger partial charge in [-0.3, -0.25) is 14.9 Å². The summed E-state index contributed by atoms with van der Waals surface area (Å²) in [5.41, 5.74) is 0.712. The maximum absolute atomic E-state index is 14.1. The van der Waals surface area contributed by atoms with Crippen LogP contribution in [0.15, 0.2) is 23.7 Å². The third-order valence-electron chi connectivity index (χ3n) is 10.1. The molecule has 16 nitrogen and oxygen atoms in total. The summed E-state index contributed by atoms with van der Waals surface area (Å²) < 4.78 is 17.0. The van der Waals surface area contributed by atoms with Gasteiger partial charge in [0, 0.05) is 25.2 Å². The van der Waals surface area contributed by atoms with Crippen LogP contribution in [0.1, 0.15) is 114 Å². The highest BCUT2D eigenvalue weighted by molar-refractivity contribution is 7.13. The Morgan fingerprint density at radius 3 is 1.92 bits per heavy atom. The number of aliphatic hydroxyl groups excluding tert-OH is 2. The lowest BCUT2D eigenvalue weighted by Crippen LogP contribution is -2.59. The largest absolute Gasteiger partial charge is 0.444 e. The maximum atomic E-state index is 14.1. The predicted octanol–water partition coefficient (Wildman–Crippen LogP) is 5.26. The molecule has 1 aromatic carbocycles. The molecular weight excluding hydrogens is 793 g/mol. The SMILES string of the molecule is Cc1ncsc1-c1ccc(CNC(O)[C@@H]2C[C@@H](O)CN2C(=O)[C@@H](NC(=O)OC(C)(C)C)C(C)(C)C)c(OC(=O)[C@@H]2CCCN2C(=O)C(NC(=O)OC(C)(C)C)C(C)(C)C)c1. The average molecular weight is 859 g/mol. The molecule has 2 aromatic rings. The molecule has 0 saturated carbocycles. The first-order chi connectivity index (χ1) is 27.6. The Morgan fingerprint density at radius 2 is 1.42 bits per heavy atom. The van der Waals surface area contributed by atoms with Gasteiger partial charge in [0.1, 0.15) is 41.3 Å². The summed E-state index contributed by atoms with van der Waals surface area (Å²) in [6, 6.07) is 1.51. The number of rotatable bonds is 11. The molecule has 2 unspecified atom stereocenters. The van der Waals surface area contributed by atoms with Gasteiger partial charge in [0.15, 0.2) is 0 Å². The van der Waals surface area contributed by atoms with E-state index in [1.165, 1.54) is 21.1 Å². The van der Waals surface area contributed by atoms with Crippen molar-refractivity contribution in [3.05, 3.63) is 35.0 Å². The van der Waals surface area contributed by atoms with E-state index in [1.807, 2.05) is 33.8 Å². The summed E-state index contributed by atoms with van der Waals surface area (Å²) in [7, 11) is 0. The molecule has 4 amide bonds. The number of nitrogens with one attached hydrogen (secondary N) is 3. The quantitative estimate of drug-likeness (QED) is 0.111. The van der Waals surface area contributed by atoms with Crippen LogP contribution in [0, 0.1) is 17.8 Å². The smallest absolute Gasteiger partial charge is 0.408 e. The Morgan fingerprint density at radius 1 is 0.867 bits per heavy atom. The van der Waals surface area contributed by atoms with Gasteiger partial charge in [-0.25, -0.2) is 19.4 Å². The van der Waals surface area contributed by atoms with Crippen LogP contribution < -0.4 is 20.7 Å². The van der Waals surface area contributed by atoms with Crippen molar-refractivity contribution in [2.24, 2.45) is 10.8 Å². The lowest BCUT2D eigenvalue weighted by molar-refractivity contribution is -0.148. The lowest BCUT2D eigenvalue weighted by Gasteiger charge is -2.37. The monoisotopic (exact) mass is 858 g/mol. The second-order valence-electron chi connectivity index (χ2n) is 19.9. The van der Waals surface area contributed by atoms with Crippen LogP contribution in [-0.2, 0) is 30.4 Å². The highest BCUT2D eigenvalue weighted by Gasteiger charge is 2.46. The van der Waals surface area contributed by atoms with Crippen molar-refractivity contribution in [3.8, 4) is 16.2 Å². The van der Waals surface area contributed by atoms with Crippen molar-refractivity contribution in [1.82, 2.24) is 30.7 Å². The van der Waals surface area contributed by atoms with Gasteiger partial charge >= 0.3 is 18.2 Å². The number of benzene rings is 1. The van der Waals surface area contributed by atoms with Gasteiger partial charge in [0.05, 0.1) is 28.2 Å². The summed E-state index contributed by atoms with van der Waals surface area (Å²) in [5.74, 6) is -1.38. The van der Waals surface area contributed by atoms with E-state index < -0.39 is 88.5 Å². The van der Waals surface area contributed by atoms with Crippen LogP contribution in [0.25, 0.3) is 10.4 Å². The molecule has 6 atom stereocenters. The Labute approximate surface area is 358 Å². The third kappa shape index (κ3) is 12.8. The number of hydrogen-bond donors (Lipinski definition) is 5. The van der Waals surface area contributed by atoms with Crippen LogP contribution >= 0.6 is 11.3 Å². The second kappa shape index (κ2) is 18.7. The predicted molar refractivity (Wildman–Crippen MR) is 227 cm³/mol. The summed E-state index contributed by atoms with van der Waals surface area (Å²) in [4.78, 5) is 76.0. The first-order valence-corrected chi connectivity index (χ1v) is 21.4. The molecule has 2 aliphatic heterocycles. The van der Waals surface area contributed by atoms with Crippen LogP contribution in [-0.4, -0.2) is 116 Å². The van der Waals surface area contributed by atoms with Crippen LogP contribution in [0.5, 0.6) is 5.75 Å². The minimum Gasteiger partial charge on any atom is -0.444 e. The summed E-state index contributed by atoms with van der Waals surface area (Å²) in [6.07, 6.45) is -2.81. The molecule has 0 spiro atoms. The molecule has 2 saturated heterocycles. The number of esters is 1. The van der Waals surface area contributed by atoms with Gasteiger partial charge in [0.25, 0.3) is 0 Å². The first kappa shape index (κ1) is 48.3. The van der Waals surface area contributed by atoms with Gasteiger partial charge in [-0.15, -0.1) is 11.3 Å². The number of likely N-dealkylation sites (tertiary alicyclic amines) is 2. The topological polar surface area (TPSA) is 209 Å². The number of carbonyl (C=O) groups excluding carboxylic acids is 5. The zero-order chi connectivity index (χ0) is 45.1. The number of ether oxygens (including phenoxy) is 3. The standard InChI is InChI=1S/C43H66N6O10S/c1-24-31(60-23-45-24)25-16-17-26(21-44-34(51)29-20-27(50)22-49(29)36(53)33(41(5,6)7)47-39(56)59-43(11,12)13)30(19-25)57-37(54)28-15-14-18-48(28)35(52)32(40(2,3)4)46-38(55)58-42(8,9)10/h16-17,19,23,27-29,32-34,44,50-51H,14-15,18,20-22H2,1-13H3,(H,46,55)(H,47,56)/t27-,28+,29+,32?,33-,34?/m1/s1. The summed E-state index contributed by atoms with van der Waals surface area (Å²) in [6.45, 7) is 23.3. The van der Waals surface area contributed by atoms with Crippen molar-refractivity contribution in [1.29, 1.82) is 0 Å². The van der Waals surface area contributed by atoms with Gasteiger partial charge in [-0.2, -0.15) is 0 Å². The molecule has 60 heavy (non-hydrogen) atoms. The van der Waals surface area contributed by atoms with E-state index in [1.54, 1.807) is 80.0 Å². The molecule has 0 bridgehead atoms. The highest BCUT2D eigenvalue weighted by atomic mass is 32.1. The van der Waals surface area contributed by atoms with Gasteiger partial charge in [0.2, 0.25) is 11.8 Å². The number of hydrogen-bond acceptors (Lipinski definition) is 13. The average Bonchev–Trinajstić information content (AvgIpc) is 3.86. The molecule has 2 fully saturated rings. The minimum absolute atomic E-state index is 0.0154. The van der Waals surface area contributed by atoms with Gasteiger partial charge in [-0.1, -0.05) is 53.7 Å². The van der Waals surface area contributed by atoms with E-state index in [2.05, 4.69) is 20.9 Å². The number of alkyl carbamates (subject to hydrolysis) is 2. The molecule has 0 radical (unpaired) electrons. The molecule has 5 N–H and O–H groups in total.